The maximum atomic E-state index is 12.4. The average molecular weight is 349 g/mol. The molecule has 2 N–H and O–H groups in total. The van der Waals surface area contributed by atoms with Gasteiger partial charge in [-0.15, -0.1) is 0 Å². The van der Waals surface area contributed by atoms with Gasteiger partial charge in [-0.1, -0.05) is 0 Å². The van der Waals surface area contributed by atoms with E-state index in [0.717, 1.165) is 12.1 Å². The zero-order valence-electron chi connectivity index (χ0n) is 11.7. The molecule has 0 aliphatic carbocycles. The van der Waals surface area contributed by atoms with E-state index in [2.05, 4.69) is 4.72 Å². The lowest BCUT2D eigenvalue weighted by atomic mass is 10.2. The van der Waals surface area contributed by atoms with Crippen molar-refractivity contribution in [2.24, 2.45) is 0 Å². The Morgan fingerprint density at radius 1 is 1.17 bits per heavy atom. The van der Waals surface area contributed by atoms with Gasteiger partial charge in [0.1, 0.15) is 11.9 Å². The quantitative estimate of drug-likeness (QED) is 0.840. The summed E-state index contributed by atoms with van der Waals surface area (Å²) in [5.74, 6) is 0.304. The van der Waals surface area contributed by atoms with E-state index >= 15 is 0 Å². The van der Waals surface area contributed by atoms with E-state index in [1.165, 1.54) is 6.26 Å². The van der Waals surface area contributed by atoms with Gasteiger partial charge < -0.3 is 9.52 Å². The van der Waals surface area contributed by atoms with E-state index in [1.54, 1.807) is 12.1 Å². The van der Waals surface area contributed by atoms with E-state index in [0.29, 0.717) is 17.9 Å². The van der Waals surface area contributed by atoms with Crippen LogP contribution in [-0.4, -0.2) is 20.1 Å². The van der Waals surface area contributed by atoms with Crippen LogP contribution < -0.4 is 4.72 Å². The summed E-state index contributed by atoms with van der Waals surface area (Å²) in [6, 6.07) is 6.31. The Balaban J connectivity index is 1.96. The number of aliphatic hydroxyl groups is 1. The molecule has 9 heteroatoms. The van der Waals surface area contributed by atoms with E-state index < -0.39 is 27.9 Å². The lowest BCUT2D eigenvalue weighted by Crippen LogP contribution is -2.26. The first-order valence-corrected chi connectivity index (χ1v) is 8.07. The molecule has 1 aromatic heterocycles. The van der Waals surface area contributed by atoms with Crippen LogP contribution in [0.25, 0.3) is 0 Å². The van der Waals surface area contributed by atoms with E-state index in [1.807, 2.05) is 0 Å². The third-order valence-corrected chi connectivity index (χ3v) is 4.55. The number of hydrogen-bond acceptors (Lipinski definition) is 4. The molecule has 0 spiro atoms. The molecule has 0 radical (unpaired) electrons. The summed E-state index contributed by atoms with van der Waals surface area (Å²) >= 11 is 0. The van der Waals surface area contributed by atoms with Crippen LogP contribution in [0, 0.1) is 0 Å². The number of sulfonamides is 1. The highest BCUT2D eigenvalue weighted by atomic mass is 32.2. The predicted octanol–water partition coefficient (Wildman–Crippen LogP) is 2.70. The SMILES string of the molecule is O=S(=O)(NCCC(O)c1ccco1)c1ccc(C(F)(F)F)cc1. The second-order valence-electron chi connectivity index (χ2n) is 4.74. The maximum absolute atomic E-state index is 12.4. The van der Waals surface area contributed by atoms with Gasteiger partial charge in [0.15, 0.2) is 0 Å². The van der Waals surface area contributed by atoms with Crippen molar-refractivity contribution in [2.45, 2.75) is 23.6 Å². The fraction of sp³-hybridized carbons (Fsp3) is 0.286. The molecule has 0 amide bonds. The number of hydrogen-bond donors (Lipinski definition) is 2. The summed E-state index contributed by atoms with van der Waals surface area (Å²) in [7, 11) is -3.95. The average Bonchev–Trinajstić information content (AvgIpc) is 3.00. The molecule has 1 unspecified atom stereocenters. The molecule has 1 aromatic carbocycles. The standard InChI is InChI=1S/C14H14F3NO4S/c15-14(16,17)10-3-5-11(6-4-10)23(20,21)18-8-7-12(19)13-2-1-9-22-13/h1-6,9,12,18-19H,7-8H2. The smallest absolute Gasteiger partial charge is 0.416 e. The molecule has 5 nitrogen and oxygen atoms in total. The largest absolute Gasteiger partial charge is 0.467 e. The van der Waals surface area contributed by atoms with Gasteiger partial charge in [0.05, 0.1) is 16.7 Å². The molecule has 126 valence electrons. The molecule has 0 saturated carbocycles. The number of rotatable bonds is 6. The Morgan fingerprint density at radius 3 is 2.35 bits per heavy atom. The van der Waals surface area contributed by atoms with Gasteiger partial charge in [0, 0.05) is 6.54 Å². The lowest BCUT2D eigenvalue weighted by molar-refractivity contribution is -0.137. The number of nitrogens with one attached hydrogen (secondary N) is 1. The predicted molar refractivity (Wildman–Crippen MR) is 74.9 cm³/mol. The van der Waals surface area contributed by atoms with E-state index in [9.17, 15) is 26.7 Å². The first kappa shape index (κ1) is 17.5. The van der Waals surface area contributed by atoms with Crippen LogP contribution in [-0.2, 0) is 16.2 Å². The molecule has 0 saturated heterocycles. The van der Waals surface area contributed by atoms with E-state index in [4.69, 9.17) is 4.42 Å². The van der Waals surface area contributed by atoms with Crippen molar-refractivity contribution >= 4 is 10.0 Å². The van der Waals surface area contributed by atoms with Crippen LogP contribution in [0.15, 0.2) is 52.0 Å². The highest BCUT2D eigenvalue weighted by molar-refractivity contribution is 7.89. The second kappa shape index (κ2) is 6.73. The Bertz CT molecular complexity index is 724. The molecule has 0 fully saturated rings. The normalized spacial score (nSPS) is 13.9. The number of halogens is 3. The summed E-state index contributed by atoms with van der Waals surface area (Å²) in [5.41, 5.74) is -0.926. The van der Waals surface area contributed by atoms with Gasteiger partial charge in [-0.25, -0.2) is 13.1 Å². The minimum atomic E-state index is -4.52. The van der Waals surface area contributed by atoms with Crippen molar-refractivity contribution in [3.8, 4) is 0 Å². The van der Waals surface area contributed by atoms with Crippen LogP contribution in [0.5, 0.6) is 0 Å². The highest BCUT2D eigenvalue weighted by Gasteiger charge is 2.30. The molecule has 0 bridgehead atoms. The third-order valence-electron chi connectivity index (χ3n) is 3.07. The Kier molecular flexibility index (Phi) is 5.12. The van der Waals surface area contributed by atoms with Crippen LogP contribution in [0.1, 0.15) is 23.8 Å². The van der Waals surface area contributed by atoms with Gasteiger partial charge >= 0.3 is 6.18 Å². The molecule has 1 heterocycles. The van der Waals surface area contributed by atoms with Gasteiger partial charge in [0.25, 0.3) is 0 Å². The third kappa shape index (κ3) is 4.57. The number of benzene rings is 1. The fourth-order valence-corrected chi connectivity index (χ4v) is 2.91. The number of alkyl halides is 3. The van der Waals surface area contributed by atoms with Crippen molar-refractivity contribution in [1.82, 2.24) is 4.72 Å². The Hall–Kier alpha value is -1.84. The Morgan fingerprint density at radius 2 is 1.83 bits per heavy atom. The number of furan rings is 1. The fourth-order valence-electron chi connectivity index (χ4n) is 1.86. The van der Waals surface area contributed by atoms with Crippen molar-refractivity contribution in [3.05, 3.63) is 54.0 Å². The lowest BCUT2D eigenvalue weighted by Gasteiger charge is -2.11. The molecule has 23 heavy (non-hydrogen) atoms. The minimum Gasteiger partial charge on any atom is -0.467 e. The van der Waals surface area contributed by atoms with Crippen molar-refractivity contribution in [2.75, 3.05) is 6.54 Å². The topological polar surface area (TPSA) is 79.5 Å². The van der Waals surface area contributed by atoms with Crippen LogP contribution in [0.4, 0.5) is 13.2 Å². The van der Waals surface area contributed by atoms with Crippen molar-refractivity contribution < 1.29 is 31.1 Å². The van der Waals surface area contributed by atoms with Gasteiger partial charge in [0.2, 0.25) is 10.0 Å². The summed E-state index contributed by atoms with van der Waals surface area (Å²) in [6.45, 7) is -0.0920. The van der Waals surface area contributed by atoms with Crippen molar-refractivity contribution in [3.63, 3.8) is 0 Å². The first-order valence-electron chi connectivity index (χ1n) is 6.58. The molecular formula is C14H14F3NO4S. The summed E-state index contributed by atoms with van der Waals surface area (Å²) < 4.78 is 68.4. The van der Waals surface area contributed by atoms with Crippen LogP contribution in [0.3, 0.4) is 0 Å². The van der Waals surface area contributed by atoms with Crippen molar-refractivity contribution in [1.29, 1.82) is 0 Å². The van der Waals surface area contributed by atoms with Gasteiger partial charge in [-0.2, -0.15) is 13.2 Å². The minimum absolute atomic E-state index is 0.0629. The molecular weight excluding hydrogens is 335 g/mol. The Labute approximate surface area is 130 Å². The molecule has 0 aliphatic rings. The molecule has 0 aliphatic heterocycles. The summed E-state index contributed by atoms with van der Waals surface area (Å²) in [4.78, 5) is -0.280. The van der Waals surface area contributed by atoms with Gasteiger partial charge in [-0.05, 0) is 42.8 Å². The van der Waals surface area contributed by atoms with Crippen LogP contribution in [0.2, 0.25) is 0 Å². The monoisotopic (exact) mass is 349 g/mol. The molecule has 2 aromatic rings. The molecule has 1 atom stereocenters. The van der Waals surface area contributed by atoms with Crippen LogP contribution >= 0.6 is 0 Å². The molecule has 2 rings (SSSR count). The maximum Gasteiger partial charge on any atom is 0.416 e. The first-order chi connectivity index (χ1) is 10.7. The zero-order chi connectivity index (χ0) is 17.1. The highest BCUT2D eigenvalue weighted by Crippen LogP contribution is 2.29. The van der Waals surface area contributed by atoms with E-state index in [-0.39, 0.29) is 17.9 Å². The zero-order valence-corrected chi connectivity index (χ0v) is 12.6. The summed E-state index contributed by atoms with van der Waals surface area (Å²) in [6.07, 6.45) is -4.05. The summed E-state index contributed by atoms with van der Waals surface area (Å²) in [5, 5.41) is 9.75. The van der Waals surface area contributed by atoms with Gasteiger partial charge in [-0.3, -0.25) is 0 Å². The number of aliphatic hydroxyl groups excluding tert-OH is 1. The second-order valence-corrected chi connectivity index (χ2v) is 6.51.